The van der Waals surface area contributed by atoms with E-state index in [9.17, 15) is 19.2 Å². The normalized spacial score (nSPS) is 13.4. The van der Waals surface area contributed by atoms with Crippen molar-refractivity contribution in [1.82, 2.24) is 4.90 Å². The van der Waals surface area contributed by atoms with Gasteiger partial charge in [0.15, 0.2) is 6.61 Å². The second-order valence-corrected chi connectivity index (χ2v) is 9.27. The van der Waals surface area contributed by atoms with Gasteiger partial charge < -0.3 is 14.8 Å². The number of anilines is 1. The number of ether oxygens (including phenoxy) is 2. The van der Waals surface area contributed by atoms with Gasteiger partial charge in [-0.1, -0.05) is 66.2 Å². The topological polar surface area (TPSA) is 102 Å². The molecule has 2 aromatic rings. The van der Waals surface area contributed by atoms with Crippen molar-refractivity contribution in [2.45, 2.75) is 39.2 Å². The van der Waals surface area contributed by atoms with Crippen LogP contribution in [-0.4, -0.2) is 47.8 Å². The van der Waals surface area contributed by atoms with E-state index in [2.05, 4.69) is 5.32 Å². The first-order valence-electron chi connectivity index (χ1n) is 11.0. The van der Waals surface area contributed by atoms with Crippen LogP contribution < -0.4 is 10.1 Å². The summed E-state index contributed by atoms with van der Waals surface area (Å²) in [5.41, 5.74) is 0.00707. The van der Waals surface area contributed by atoms with Gasteiger partial charge in [-0.05, 0) is 37.6 Å². The molecule has 0 aliphatic carbocycles. The first-order valence-corrected chi connectivity index (χ1v) is 12.6. The maximum absolute atomic E-state index is 13.2. The van der Waals surface area contributed by atoms with Gasteiger partial charge >= 0.3 is 5.97 Å². The van der Waals surface area contributed by atoms with E-state index in [0.29, 0.717) is 30.9 Å². The Hall–Kier alpha value is -2.52. The lowest BCUT2D eigenvalue weighted by molar-refractivity contribution is -0.151. The molecule has 1 N–H and O–H groups in total. The molecule has 1 aliphatic heterocycles. The van der Waals surface area contributed by atoms with Crippen molar-refractivity contribution in [1.29, 1.82) is 0 Å². The van der Waals surface area contributed by atoms with Crippen molar-refractivity contribution in [2.24, 2.45) is 0 Å². The minimum atomic E-state index is -1.31. The maximum Gasteiger partial charge on any atom is 0.329 e. The van der Waals surface area contributed by atoms with Crippen LogP contribution in [0.2, 0.25) is 20.1 Å². The van der Waals surface area contributed by atoms with E-state index in [0.717, 1.165) is 4.90 Å². The lowest BCUT2D eigenvalue weighted by atomic mass is 10.1. The minimum Gasteiger partial charge on any atom is -0.494 e. The van der Waals surface area contributed by atoms with E-state index in [1.54, 1.807) is 24.3 Å². The van der Waals surface area contributed by atoms with Crippen LogP contribution >= 0.6 is 46.4 Å². The molecule has 0 unspecified atom stereocenters. The molecule has 0 saturated carbocycles. The van der Waals surface area contributed by atoms with Crippen molar-refractivity contribution < 1.29 is 28.7 Å². The molecule has 0 aromatic heterocycles. The first kappa shape index (κ1) is 28.1. The standard InChI is InChI=1S/C24H22Cl4N2O6/c1-3-5-6-14(24(34)36-11-15(31)29-12-7-9-13(10-8-12)35-4-2)30-22(32)16-17(23(30)33)19(26)21(28)20(27)18(16)25/h7-10,14H,3-6,11H2,1-2H3,(H,29,31)/t14-/m0/s1. The highest BCUT2D eigenvalue weighted by molar-refractivity contribution is 6.55. The zero-order valence-electron chi connectivity index (χ0n) is 19.3. The third kappa shape index (κ3) is 5.72. The van der Waals surface area contributed by atoms with Gasteiger partial charge in [-0.15, -0.1) is 0 Å². The summed E-state index contributed by atoms with van der Waals surface area (Å²) in [6.45, 7) is 3.61. The fraction of sp³-hybridized carbons (Fsp3) is 0.333. The molecule has 2 aromatic carbocycles. The van der Waals surface area contributed by atoms with E-state index in [4.69, 9.17) is 55.9 Å². The number of halogens is 4. The third-order valence-corrected chi connectivity index (χ3v) is 7.14. The molecule has 0 radical (unpaired) electrons. The molecule has 3 amide bonds. The number of carbonyl (C=O) groups is 4. The summed E-state index contributed by atoms with van der Waals surface area (Å²) in [5, 5.41) is 1.77. The van der Waals surface area contributed by atoms with Crippen LogP contribution in [0.1, 0.15) is 53.8 Å². The smallest absolute Gasteiger partial charge is 0.329 e. The average molecular weight is 576 g/mol. The Morgan fingerprint density at radius 1 is 0.917 bits per heavy atom. The van der Waals surface area contributed by atoms with Crippen LogP contribution in [0.25, 0.3) is 0 Å². The van der Waals surface area contributed by atoms with Crippen LogP contribution in [0.3, 0.4) is 0 Å². The summed E-state index contributed by atoms with van der Waals surface area (Å²) in [7, 11) is 0. The highest BCUT2D eigenvalue weighted by atomic mass is 35.5. The van der Waals surface area contributed by atoms with E-state index in [-0.39, 0.29) is 37.6 Å². The summed E-state index contributed by atoms with van der Waals surface area (Å²) < 4.78 is 10.5. The third-order valence-electron chi connectivity index (χ3n) is 5.34. The number of benzene rings is 2. The Morgan fingerprint density at radius 2 is 1.47 bits per heavy atom. The number of imide groups is 1. The number of nitrogens with zero attached hydrogens (tertiary/aromatic N) is 1. The van der Waals surface area contributed by atoms with Crippen LogP contribution in [0.5, 0.6) is 5.75 Å². The molecule has 0 spiro atoms. The van der Waals surface area contributed by atoms with Crippen LogP contribution in [0, 0.1) is 0 Å². The molecule has 0 bridgehead atoms. The number of hydrogen-bond donors (Lipinski definition) is 1. The number of esters is 1. The van der Waals surface area contributed by atoms with E-state index in [1.807, 2.05) is 13.8 Å². The van der Waals surface area contributed by atoms with Crippen molar-refractivity contribution in [2.75, 3.05) is 18.5 Å². The molecule has 3 rings (SSSR count). The van der Waals surface area contributed by atoms with Gasteiger partial charge in [-0.3, -0.25) is 19.3 Å². The number of fused-ring (bicyclic) bond motifs is 1. The predicted molar refractivity (Wildman–Crippen MR) is 137 cm³/mol. The zero-order valence-corrected chi connectivity index (χ0v) is 22.4. The maximum atomic E-state index is 13.2. The van der Waals surface area contributed by atoms with Gasteiger partial charge in [0.25, 0.3) is 17.7 Å². The Balaban J connectivity index is 1.75. The van der Waals surface area contributed by atoms with Crippen LogP contribution in [0.4, 0.5) is 5.69 Å². The molecule has 1 heterocycles. The van der Waals surface area contributed by atoms with Gasteiger partial charge in [0.2, 0.25) is 0 Å². The van der Waals surface area contributed by atoms with E-state index in [1.165, 1.54) is 0 Å². The van der Waals surface area contributed by atoms with Crippen molar-refractivity contribution in [3.8, 4) is 5.75 Å². The van der Waals surface area contributed by atoms with Crippen molar-refractivity contribution in [3.63, 3.8) is 0 Å². The van der Waals surface area contributed by atoms with Gasteiger partial charge in [0.05, 0.1) is 37.8 Å². The number of nitrogens with one attached hydrogen (secondary N) is 1. The number of hydrogen-bond acceptors (Lipinski definition) is 6. The first-order chi connectivity index (χ1) is 17.1. The number of amides is 3. The quantitative estimate of drug-likeness (QED) is 0.160. The summed E-state index contributed by atoms with van der Waals surface area (Å²) in [6, 6.07) is 5.33. The zero-order chi connectivity index (χ0) is 26.6. The van der Waals surface area contributed by atoms with Crippen molar-refractivity contribution >= 4 is 75.8 Å². The number of rotatable bonds is 10. The summed E-state index contributed by atoms with van der Waals surface area (Å²) >= 11 is 24.5. The molecule has 8 nitrogen and oxygen atoms in total. The molecule has 0 saturated heterocycles. The second-order valence-electron chi connectivity index (χ2n) is 7.76. The molecule has 192 valence electrons. The Labute approximate surface area is 227 Å². The van der Waals surface area contributed by atoms with Gasteiger partial charge in [-0.2, -0.15) is 0 Å². The number of unbranched alkanes of at least 4 members (excludes halogenated alkanes) is 1. The van der Waals surface area contributed by atoms with Gasteiger partial charge in [-0.25, -0.2) is 4.79 Å². The SMILES string of the molecule is CCCC[C@@H](C(=O)OCC(=O)Nc1ccc(OCC)cc1)N1C(=O)c2c(Cl)c(Cl)c(Cl)c(Cl)c2C1=O. The molecular weight excluding hydrogens is 554 g/mol. The Kier molecular flexibility index (Phi) is 9.47. The summed E-state index contributed by atoms with van der Waals surface area (Å²) in [6.07, 6.45) is 1.27. The fourth-order valence-corrected chi connectivity index (χ4v) is 4.64. The minimum absolute atomic E-state index is 0.109. The summed E-state index contributed by atoms with van der Waals surface area (Å²) in [5.74, 6) is -2.59. The lowest BCUT2D eigenvalue weighted by Crippen LogP contribution is -2.46. The average Bonchev–Trinajstić information content (AvgIpc) is 3.12. The summed E-state index contributed by atoms with van der Waals surface area (Å²) in [4.78, 5) is 52.4. The highest BCUT2D eigenvalue weighted by Gasteiger charge is 2.47. The number of carbonyl (C=O) groups excluding carboxylic acids is 4. The predicted octanol–water partition coefficient (Wildman–Crippen LogP) is 6.04. The van der Waals surface area contributed by atoms with Crippen LogP contribution in [-0.2, 0) is 14.3 Å². The van der Waals surface area contributed by atoms with Gasteiger partial charge in [0.1, 0.15) is 11.8 Å². The largest absolute Gasteiger partial charge is 0.494 e. The van der Waals surface area contributed by atoms with E-state index >= 15 is 0 Å². The fourth-order valence-electron chi connectivity index (χ4n) is 3.63. The molecule has 1 aliphatic rings. The second kappa shape index (κ2) is 12.1. The monoisotopic (exact) mass is 574 g/mol. The van der Waals surface area contributed by atoms with E-state index < -0.39 is 36.3 Å². The lowest BCUT2D eigenvalue weighted by Gasteiger charge is -2.24. The van der Waals surface area contributed by atoms with Crippen molar-refractivity contribution in [3.05, 3.63) is 55.5 Å². The molecular formula is C24H22Cl4N2O6. The van der Waals surface area contributed by atoms with Gasteiger partial charge in [0, 0.05) is 5.69 Å². The molecule has 0 fully saturated rings. The highest BCUT2D eigenvalue weighted by Crippen LogP contribution is 2.45. The van der Waals surface area contributed by atoms with Crippen LogP contribution in [0.15, 0.2) is 24.3 Å². The molecule has 12 heteroatoms. The molecule has 36 heavy (non-hydrogen) atoms. The Morgan fingerprint density at radius 3 is 1.97 bits per heavy atom. The Bertz CT molecular complexity index is 1160. The molecule has 1 atom stereocenters.